The molecule has 3 rings (SSSR count). The van der Waals surface area contributed by atoms with Gasteiger partial charge in [0.25, 0.3) is 0 Å². The van der Waals surface area contributed by atoms with Gasteiger partial charge in [-0.2, -0.15) is 0 Å². The van der Waals surface area contributed by atoms with Crippen LogP contribution in [0.2, 0.25) is 0 Å². The minimum Gasteiger partial charge on any atom is -0.444 e. The number of nitrogens with one attached hydrogen (secondary N) is 2. The van der Waals surface area contributed by atoms with Gasteiger partial charge in [0.05, 0.1) is 31.5 Å². The third kappa shape index (κ3) is 4.45. The van der Waals surface area contributed by atoms with Crippen molar-refractivity contribution in [2.24, 2.45) is 5.92 Å². The first-order valence-corrected chi connectivity index (χ1v) is 8.57. The van der Waals surface area contributed by atoms with Crippen LogP contribution >= 0.6 is 0 Å². The first kappa shape index (κ1) is 17.2. The van der Waals surface area contributed by atoms with Gasteiger partial charge in [0, 0.05) is 12.2 Å². The van der Waals surface area contributed by atoms with Crippen molar-refractivity contribution in [3.05, 3.63) is 12.4 Å². The molecular formula is C16H27N5O3. The highest BCUT2D eigenvalue weighted by Crippen LogP contribution is 2.28. The van der Waals surface area contributed by atoms with E-state index in [0.29, 0.717) is 19.1 Å². The Morgan fingerprint density at radius 1 is 1.38 bits per heavy atom. The molecule has 8 nitrogen and oxygen atoms in total. The van der Waals surface area contributed by atoms with E-state index < -0.39 is 5.60 Å². The molecule has 1 aromatic rings. The molecule has 24 heavy (non-hydrogen) atoms. The number of rotatable bonds is 5. The van der Waals surface area contributed by atoms with Gasteiger partial charge in [-0.1, -0.05) is 5.21 Å². The van der Waals surface area contributed by atoms with Gasteiger partial charge in [-0.25, -0.2) is 9.48 Å². The van der Waals surface area contributed by atoms with Crippen LogP contribution in [0.25, 0.3) is 0 Å². The number of carbonyl (C=O) groups excluding carboxylic acids is 1. The Bertz CT molecular complexity index is 536. The van der Waals surface area contributed by atoms with E-state index in [1.165, 1.54) is 0 Å². The molecule has 2 fully saturated rings. The molecule has 0 radical (unpaired) electrons. The number of nitrogens with zero attached hydrogens (tertiary/aromatic N) is 3. The summed E-state index contributed by atoms with van der Waals surface area (Å²) in [6.07, 6.45) is 5.20. The predicted octanol–water partition coefficient (Wildman–Crippen LogP) is 1.11. The van der Waals surface area contributed by atoms with E-state index in [4.69, 9.17) is 9.47 Å². The number of hydrogen-bond donors (Lipinski definition) is 2. The Hall–Kier alpha value is -1.67. The standard InChI is InChI=1S/C16H27N5O3/c1-16(2,3)24-15(22)19-12-6-11(7-12)8-17-13-9-23-10-14(13)21-5-4-18-20-21/h4-5,11-14,17H,6-10H2,1-3H3,(H,19,22)/t11?,12?,13-,14+/m1/s1. The summed E-state index contributed by atoms with van der Waals surface area (Å²) in [5, 5.41) is 14.4. The predicted molar refractivity (Wildman–Crippen MR) is 87.6 cm³/mol. The lowest BCUT2D eigenvalue weighted by molar-refractivity contribution is 0.0451. The second-order valence-electron chi connectivity index (χ2n) is 7.68. The maximum Gasteiger partial charge on any atom is 0.407 e. The topological polar surface area (TPSA) is 90.3 Å². The van der Waals surface area contributed by atoms with E-state index in [0.717, 1.165) is 19.4 Å². The highest BCUT2D eigenvalue weighted by molar-refractivity contribution is 5.68. The second kappa shape index (κ2) is 7.06. The molecule has 1 saturated heterocycles. The Kier molecular flexibility index (Phi) is 5.05. The van der Waals surface area contributed by atoms with Crippen LogP contribution in [0.1, 0.15) is 39.7 Å². The zero-order chi connectivity index (χ0) is 17.2. The summed E-state index contributed by atoms with van der Waals surface area (Å²) in [4.78, 5) is 11.7. The van der Waals surface area contributed by atoms with Gasteiger partial charge >= 0.3 is 6.09 Å². The molecule has 1 aromatic heterocycles. The van der Waals surface area contributed by atoms with Crippen molar-refractivity contribution < 1.29 is 14.3 Å². The number of carbonyl (C=O) groups is 1. The largest absolute Gasteiger partial charge is 0.444 e. The minimum absolute atomic E-state index is 0.197. The van der Waals surface area contributed by atoms with E-state index in [-0.39, 0.29) is 24.2 Å². The molecule has 2 N–H and O–H groups in total. The Balaban J connectivity index is 1.35. The molecule has 1 saturated carbocycles. The maximum atomic E-state index is 11.7. The van der Waals surface area contributed by atoms with E-state index in [1.54, 1.807) is 6.20 Å². The number of alkyl carbamates (subject to hydrolysis) is 1. The lowest BCUT2D eigenvalue weighted by Gasteiger charge is -2.37. The zero-order valence-corrected chi connectivity index (χ0v) is 14.6. The average molecular weight is 337 g/mol. The zero-order valence-electron chi connectivity index (χ0n) is 14.6. The van der Waals surface area contributed by atoms with Crippen molar-refractivity contribution in [1.29, 1.82) is 0 Å². The molecule has 0 spiro atoms. The lowest BCUT2D eigenvalue weighted by Crippen LogP contribution is -2.50. The summed E-state index contributed by atoms with van der Waals surface area (Å²) < 4.78 is 12.7. The van der Waals surface area contributed by atoms with Crippen LogP contribution in [0.3, 0.4) is 0 Å². The smallest absolute Gasteiger partial charge is 0.407 e. The number of ether oxygens (including phenoxy) is 2. The van der Waals surface area contributed by atoms with Gasteiger partial charge in [-0.05, 0) is 46.1 Å². The molecule has 0 unspecified atom stereocenters. The van der Waals surface area contributed by atoms with E-state index in [2.05, 4.69) is 20.9 Å². The molecule has 2 atom stereocenters. The van der Waals surface area contributed by atoms with Crippen LogP contribution in [0.5, 0.6) is 0 Å². The minimum atomic E-state index is -0.451. The van der Waals surface area contributed by atoms with Gasteiger partial charge in [0.2, 0.25) is 0 Å². The molecule has 2 aliphatic rings. The number of aromatic nitrogens is 3. The SMILES string of the molecule is CC(C)(C)OC(=O)NC1CC(CN[C@@H]2COC[C@@H]2n2ccnn2)C1. The highest BCUT2D eigenvalue weighted by atomic mass is 16.6. The van der Waals surface area contributed by atoms with Crippen LogP contribution < -0.4 is 10.6 Å². The van der Waals surface area contributed by atoms with Crippen LogP contribution in [0.15, 0.2) is 12.4 Å². The van der Waals surface area contributed by atoms with Crippen LogP contribution in [0, 0.1) is 5.92 Å². The summed E-state index contributed by atoms with van der Waals surface area (Å²) in [6.45, 7) is 7.89. The fourth-order valence-corrected chi connectivity index (χ4v) is 3.21. The monoisotopic (exact) mass is 337 g/mol. The first-order chi connectivity index (χ1) is 11.4. The van der Waals surface area contributed by atoms with E-state index >= 15 is 0 Å². The molecule has 0 aromatic carbocycles. The van der Waals surface area contributed by atoms with E-state index in [1.807, 2.05) is 31.6 Å². The van der Waals surface area contributed by atoms with Gasteiger partial charge in [-0.3, -0.25) is 0 Å². The van der Waals surface area contributed by atoms with Crippen molar-refractivity contribution in [3.63, 3.8) is 0 Å². The molecular weight excluding hydrogens is 310 g/mol. The molecule has 8 heteroatoms. The number of amides is 1. The third-order valence-electron chi connectivity index (χ3n) is 4.46. The Morgan fingerprint density at radius 2 is 2.17 bits per heavy atom. The highest BCUT2D eigenvalue weighted by Gasteiger charge is 2.34. The van der Waals surface area contributed by atoms with Gasteiger partial charge in [0.1, 0.15) is 5.60 Å². The van der Waals surface area contributed by atoms with Crippen LogP contribution in [0.4, 0.5) is 4.79 Å². The van der Waals surface area contributed by atoms with Gasteiger partial charge < -0.3 is 20.1 Å². The second-order valence-corrected chi connectivity index (χ2v) is 7.68. The molecule has 0 bridgehead atoms. The third-order valence-corrected chi connectivity index (χ3v) is 4.46. The summed E-state index contributed by atoms with van der Waals surface area (Å²) in [5.74, 6) is 0.571. The molecule has 1 aliphatic carbocycles. The van der Waals surface area contributed by atoms with Crippen LogP contribution in [-0.2, 0) is 9.47 Å². The van der Waals surface area contributed by atoms with Crippen molar-refractivity contribution in [1.82, 2.24) is 25.6 Å². The normalized spacial score (nSPS) is 30.0. The van der Waals surface area contributed by atoms with Gasteiger partial charge in [-0.15, -0.1) is 5.10 Å². The summed E-state index contributed by atoms with van der Waals surface area (Å²) >= 11 is 0. The van der Waals surface area contributed by atoms with Gasteiger partial charge in [0.15, 0.2) is 0 Å². The van der Waals surface area contributed by atoms with E-state index in [9.17, 15) is 4.79 Å². The van der Waals surface area contributed by atoms with Crippen LogP contribution in [-0.4, -0.2) is 58.5 Å². The Morgan fingerprint density at radius 3 is 2.83 bits per heavy atom. The number of hydrogen-bond acceptors (Lipinski definition) is 6. The fraction of sp³-hybridized carbons (Fsp3) is 0.812. The summed E-state index contributed by atoms with van der Waals surface area (Å²) in [5.41, 5.74) is -0.451. The lowest BCUT2D eigenvalue weighted by atomic mass is 9.80. The average Bonchev–Trinajstić information content (AvgIpc) is 3.09. The molecule has 1 amide bonds. The van der Waals surface area contributed by atoms with Crippen molar-refractivity contribution in [2.75, 3.05) is 19.8 Å². The van der Waals surface area contributed by atoms with Crippen molar-refractivity contribution in [2.45, 2.75) is 57.3 Å². The molecule has 134 valence electrons. The summed E-state index contributed by atoms with van der Waals surface area (Å²) in [7, 11) is 0. The maximum absolute atomic E-state index is 11.7. The molecule has 1 aliphatic heterocycles. The Labute approximate surface area is 142 Å². The molecule has 2 heterocycles. The quantitative estimate of drug-likeness (QED) is 0.836. The fourth-order valence-electron chi connectivity index (χ4n) is 3.21. The van der Waals surface area contributed by atoms with Crippen molar-refractivity contribution >= 4 is 6.09 Å². The summed E-state index contributed by atoms with van der Waals surface area (Å²) in [6, 6.07) is 0.672. The van der Waals surface area contributed by atoms with Crippen molar-refractivity contribution in [3.8, 4) is 0 Å². The first-order valence-electron chi connectivity index (χ1n) is 8.57.